The minimum atomic E-state index is -0.191. The Labute approximate surface area is 185 Å². The number of nitrogens with zero attached hydrogens (tertiary/aromatic N) is 4. The van der Waals surface area contributed by atoms with Crippen LogP contribution in [0.15, 0.2) is 70.0 Å². The zero-order valence-electron chi connectivity index (χ0n) is 18.0. The molecule has 4 aromatic rings. The molecule has 4 rings (SSSR count). The predicted molar refractivity (Wildman–Crippen MR) is 120 cm³/mol. The lowest BCUT2D eigenvalue weighted by Crippen LogP contribution is -2.23. The first-order chi connectivity index (χ1) is 15.7. The normalized spacial score (nSPS) is 10.8. The van der Waals surface area contributed by atoms with Crippen LogP contribution in [0.3, 0.4) is 0 Å². The van der Waals surface area contributed by atoms with Crippen molar-refractivity contribution >= 4 is 0 Å². The van der Waals surface area contributed by atoms with E-state index in [0.717, 1.165) is 22.6 Å². The van der Waals surface area contributed by atoms with E-state index in [2.05, 4.69) is 15.2 Å². The summed E-state index contributed by atoms with van der Waals surface area (Å²) in [6, 6.07) is 18.4. The summed E-state index contributed by atoms with van der Waals surface area (Å²) in [5, 5.41) is 8.54. The molecular weight excluding hydrogens is 408 g/mol. The van der Waals surface area contributed by atoms with E-state index in [9.17, 15) is 4.79 Å². The molecular formula is C24H24N4O4. The summed E-state index contributed by atoms with van der Waals surface area (Å²) in [7, 11) is 0. The van der Waals surface area contributed by atoms with Gasteiger partial charge in [-0.2, -0.15) is 10.1 Å². The maximum atomic E-state index is 12.3. The minimum absolute atomic E-state index is 0.191. The van der Waals surface area contributed by atoms with Gasteiger partial charge < -0.3 is 14.0 Å². The van der Waals surface area contributed by atoms with Crippen LogP contribution in [-0.2, 0) is 13.0 Å². The summed E-state index contributed by atoms with van der Waals surface area (Å²) in [5.74, 6) is 2.45. The monoisotopic (exact) mass is 432 g/mol. The summed E-state index contributed by atoms with van der Waals surface area (Å²) in [5.41, 5.74) is 2.21. The fraction of sp³-hybridized carbons (Fsp3) is 0.250. The predicted octanol–water partition coefficient (Wildman–Crippen LogP) is 4.00. The van der Waals surface area contributed by atoms with Crippen molar-refractivity contribution in [3.8, 4) is 34.1 Å². The molecule has 2 aromatic carbocycles. The first-order valence-electron chi connectivity index (χ1n) is 10.5. The SMILES string of the molecule is CCOc1ccc(-c2ccc(=O)n(CCc3nc(-c4cccc(OCC)c4)no3)n2)cc1. The smallest absolute Gasteiger partial charge is 0.266 e. The van der Waals surface area contributed by atoms with Gasteiger partial charge in [0.1, 0.15) is 11.5 Å². The van der Waals surface area contributed by atoms with Gasteiger partial charge >= 0.3 is 0 Å². The van der Waals surface area contributed by atoms with Crippen molar-refractivity contribution in [1.82, 2.24) is 19.9 Å². The molecule has 0 spiro atoms. The highest BCUT2D eigenvalue weighted by atomic mass is 16.5. The zero-order valence-corrected chi connectivity index (χ0v) is 18.0. The molecule has 0 radical (unpaired) electrons. The lowest BCUT2D eigenvalue weighted by atomic mass is 10.1. The quantitative estimate of drug-likeness (QED) is 0.395. The number of hydrogen-bond donors (Lipinski definition) is 0. The molecule has 0 aliphatic heterocycles. The molecule has 32 heavy (non-hydrogen) atoms. The van der Waals surface area contributed by atoms with Crippen LogP contribution in [0.1, 0.15) is 19.7 Å². The molecule has 2 aromatic heterocycles. The van der Waals surface area contributed by atoms with Gasteiger partial charge in [0, 0.05) is 23.6 Å². The van der Waals surface area contributed by atoms with Crippen molar-refractivity contribution in [2.24, 2.45) is 0 Å². The van der Waals surface area contributed by atoms with Gasteiger partial charge in [-0.1, -0.05) is 17.3 Å². The van der Waals surface area contributed by atoms with Crippen LogP contribution in [0, 0.1) is 0 Å². The van der Waals surface area contributed by atoms with Crippen LogP contribution in [0.25, 0.3) is 22.6 Å². The average molecular weight is 432 g/mol. The van der Waals surface area contributed by atoms with E-state index in [0.29, 0.717) is 43.6 Å². The van der Waals surface area contributed by atoms with E-state index in [1.807, 2.05) is 62.4 Å². The van der Waals surface area contributed by atoms with Gasteiger partial charge in [0.05, 0.1) is 25.5 Å². The van der Waals surface area contributed by atoms with Crippen molar-refractivity contribution in [2.45, 2.75) is 26.8 Å². The first kappa shape index (κ1) is 21.3. The number of rotatable bonds is 9. The zero-order chi connectivity index (χ0) is 22.3. The highest BCUT2D eigenvalue weighted by Crippen LogP contribution is 2.22. The molecule has 0 amide bonds. The third kappa shape index (κ3) is 5.03. The Hall–Kier alpha value is -3.94. The lowest BCUT2D eigenvalue weighted by Gasteiger charge is -2.07. The van der Waals surface area contributed by atoms with Gasteiger partial charge in [0.15, 0.2) is 0 Å². The van der Waals surface area contributed by atoms with Crippen LogP contribution >= 0.6 is 0 Å². The summed E-state index contributed by atoms with van der Waals surface area (Å²) >= 11 is 0. The molecule has 2 heterocycles. The van der Waals surface area contributed by atoms with Gasteiger partial charge in [-0.15, -0.1) is 0 Å². The van der Waals surface area contributed by atoms with Crippen molar-refractivity contribution in [1.29, 1.82) is 0 Å². The van der Waals surface area contributed by atoms with Crippen molar-refractivity contribution < 1.29 is 14.0 Å². The maximum Gasteiger partial charge on any atom is 0.266 e. The fourth-order valence-electron chi connectivity index (χ4n) is 3.22. The number of benzene rings is 2. The molecule has 0 unspecified atom stereocenters. The van der Waals surface area contributed by atoms with Crippen molar-refractivity contribution in [3.63, 3.8) is 0 Å². The lowest BCUT2D eigenvalue weighted by molar-refractivity contribution is 0.340. The standard InChI is InChI=1S/C24H24N4O4/c1-3-30-19-10-8-17(9-11-19)21-12-13-23(29)28(26-21)15-14-22-25-24(27-32-22)18-6-5-7-20(16-18)31-4-2/h5-13,16H,3-4,14-15H2,1-2H3. The van der Waals surface area contributed by atoms with Crippen LogP contribution in [0.4, 0.5) is 0 Å². The van der Waals surface area contributed by atoms with E-state index >= 15 is 0 Å². The Kier molecular flexibility index (Phi) is 6.60. The second-order valence-electron chi connectivity index (χ2n) is 6.96. The molecule has 0 atom stereocenters. The Balaban J connectivity index is 1.47. The van der Waals surface area contributed by atoms with Crippen LogP contribution in [0.5, 0.6) is 11.5 Å². The number of aryl methyl sites for hydroxylation is 2. The first-order valence-corrected chi connectivity index (χ1v) is 10.5. The fourth-order valence-corrected chi connectivity index (χ4v) is 3.22. The van der Waals surface area contributed by atoms with E-state index in [1.54, 1.807) is 6.07 Å². The Morgan fingerprint density at radius 3 is 2.47 bits per heavy atom. The largest absolute Gasteiger partial charge is 0.494 e. The van der Waals surface area contributed by atoms with Crippen molar-refractivity contribution in [3.05, 3.63) is 76.9 Å². The van der Waals surface area contributed by atoms with Crippen LogP contribution in [0.2, 0.25) is 0 Å². The molecule has 0 N–H and O–H groups in total. The van der Waals surface area contributed by atoms with Crippen molar-refractivity contribution in [2.75, 3.05) is 13.2 Å². The Morgan fingerprint density at radius 2 is 1.69 bits per heavy atom. The summed E-state index contributed by atoms with van der Waals surface area (Å²) < 4.78 is 17.8. The highest BCUT2D eigenvalue weighted by Gasteiger charge is 2.11. The topological polar surface area (TPSA) is 92.3 Å². The molecule has 0 aliphatic carbocycles. The Bertz CT molecular complexity index is 1230. The van der Waals surface area contributed by atoms with E-state index in [-0.39, 0.29) is 5.56 Å². The van der Waals surface area contributed by atoms with E-state index in [1.165, 1.54) is 10.7 Å². The number of hydrogen-bond acceptors (Lipinski definition) is 7. The molecule has 0 saturated heterocycles. The van der Waals surface area contributed by atoms with E-state index < -0.39 is 0 Å². The maximum absolute atomic E-state index is 12.3. The highest BCUT2D eigenvalue weighted by molar-refractivity contribution is 5.59. The third-order valence-electron chi connectivity index (χ3n) is 4.74. The van der Waals surface area contributed by atoms with Crippen LogP contribution < -0.4 is 15.0 Å². The molecule has 164 valence electrons. The van der Waals surface area contributed by atoms with Gasteiger partial charge in [-0.25, -0.2) is 4.68 Å². The molecule has 0 fully saturated rings. The summed E-state index contributed by atoms with van der Waals surface area (Å²) in [6.07, 6.45) is 0.387. The van der Waals surface area contributed by atoms with Gasteiger partial charge in [0.2, 0.25) is 11.7 Å². The van der Waals surface area contributed by atoms with Gasteiger partial charge in [-0.05, 0) is 56.3 Å². The Morgan fingerprint density at radius 1 is 0.906 bits per heavy atom. The minimum Gasteiger partial charge on any atom is -0.494 e. The molecule has 0 aliphatic rings. The second-order valence-corrected chi connectivity index (χ2v) is 6.96. The average Bonchev–Trinajstić information content (AvgIpc) is 3.29. The molecule has 8 nitrogen and oxygen atoms in total. The summed E-state index contributed by atoms with van der Waals surface area (Å²) in [6.45, 7) is 5.39. The second kappa shape index (κ2) is 9.91. The molecule has 8 heteroatoms. The van der Waals surface area contributed by atoms with E-state index in [4.69, 9.17) is 14.0 Å². The third-order valence-corrected chi connectivity index (χ3v) is 4.74. The number of ether oxygens (including phenoxy) is 2. The summed E-state index contributed by atoms with van der Waals surface area (Å²) in [4.78, 5) is 16.7. The van der Waals surface area contributed by atoms with Crippen LogP contribution in [-0.4, -0.2) is 33.1 Å². The van der Waals surface area contributed by atoms with Gasteiger partial charge in [-0.3, -0.25) is 4.79 Å². The molecule has 0 bridgehead atoms. The van der Waals surface area contributed by atoms with Gasteiger partial charge in [0.25, 0.3) is 5.56 Å². The molecule has 0 saturated carbocycles. The number of aromatic nitrogens is 4.